The molecule has 4 heteroatoms. The van der Waals surface area contributed by atoms with E-state index in [1.165, 1.54) is 0 Å². The first-order valence-corrected chi connectivity index (χ1v) is 9.20. The molecule has 0 unspecified atom stereocenters. The van der Waals surface area contributed by atoms with Crippen LogP contribution in [0.15, 0.2) is 91.1 Å². The zero-order chi connectivity index (χ0) is 19.1. The Labute approximate surface area is 162 Å². The van der Waals surface area contributed by atoms with Crippen LogP contribution in [0.2, 0.25) is 0 Å². The van der Waals surface area contributed by atoms with Crippen LogP contribution in [0.1, 0.15) is 0 Å². The van der Waals surface area contributed by atoms with Crippen molar-refractivity contribution in [3.8, 4) is 34.0 Å². The molecule has 136 valence electrons. The van der Waals surface area contributed by atoms with Crippen molar-refractivity contribution in [2.75, 3.05) is 0 Å². The van der Waals surface area contributed by atoms with E-state index in [4.69, 9.17) is 0 Å². The molecule has 5 aromatic rings. The standard InChI is InChI=1S/C24H19N3O/c1-26-22(15-16-25-26)23-20-9-5-6-10-21(20)27(18-11-13-19(28)14-12-18)24(23)17-7-3-2-4-8-17/h2-16,28H,1H3. The number of para-hydroxylation sites is 1. The highest BCUT2D eigenvalue weighted by molar-refractivity contribution is 6.05. The predicted molar refractivity (Wildman–Crippen MR) is 113 cm³/mol. The summed E-state index contributed by atoms with van der Waals surface area (Å²) in [5.74, 6) is 0.258. The third kappa shape index (κ3) is 2.50. The molecule has 4 nitrogen and oxygen atoms in total. The Morgan fingerprint density at radius 1 is 0.786 bits per heavy atom. The van der Waals surface area contributed by atoms with Crippen LogP contribution >= 0.6 is 0 Å². The average molecular weight is 365 g/mol. The van der Waals surface area contributed by atoms with E-state index in [0.29, 0.717) is 0 Å². The maximum atomic E-state index is 9.77. The number of fused-ring (bicyclic) bond motifs is 1. The molecule has 1 N–H and O–H groups in total. The van der Waals surface area contributed by atoms with Gasteiger partial charge < -0.3 is 9.67 Å². The second-order valence-electron chi connectivity index (χ2n) is 6.80. The number of benzene rings is 3. The number of nitrogens with zero attached hydrogens (tertiary/aromatic N) is 3. The van der Waals surface area contributed by atoms with Crippen LogP contribution in [0.5, 0.6) is 5.75 Å². The van der Waals surface area contributed by atoms with Crippen molar-refractivity contribution in [2.24, 2.45) is 7.05 Å². The molecule has 0 amide bonds. The lowest BCUT2D eigenvalue weighted by molar-refractivity contribution is 0.475. The summed E-state index contributed by atoms with van der Waals surface area (Å²) in [6.07, 6.45) is 1.83. The van der Waals surface area contributed by atoms with Crippen LogP contribution in [-0.4, -0.2) is 19.5 Å². The number of phenols is 1. The van der Waals surface area contributed by atoms with Gasteiger partial charge in [-0.15, -0.1) is 0 Å². The van der Waals surface area contributed by atoms with E-state index in [-0.39, 0.29) is 5.75 Å². The minimum Gasteiger partial charge on any atom is -0.508 e. The molecule has 0 fully saturated rings. The largest absolute Gasteiger partial charge is 0.508 e. The van der Waals surface area contributed by atoms with Crippen molar-refractivity contribution in [1.29, 1.82) is 0 Å². The maximum Gasteiger partial charge on any atom is 0.115 e. The van der Waals surface area contributed by atoms with Gasteiger partial charge in [0.05, 0.1) is 16.9 Å². The second kappa shape index (κ2) is 6.43. The summed E-state index contributed by atoms with van der Waals surface area (Å²) in [5.41, 5.74) is 6.56. The summed E-state index contributed by atoms with van der Waals surface area (Å²) >= 11 is 0. The predicted octanol–water partition coefficient (Wildman–Crippen LogP) is 5.40. The van der Waals surface area contributed by atoms with Crippen LogP contribution in [0.3, 0.4) is 0 Å². The van der Waals surface area contributed by atoms with Gasteiger partial charge in [-0.3, -0.25) is 4.68 Å². The van der Waals surface area contributed by atoms with E-state index in [0.717, 1.165) is 39.1 Å². The van der Waals surface area contributed by atoms with Gasteiger partial charge in [0.1, 0.15) is 5.75 Å². The van der Waals surface area contributed by atoms with Crippen molar-refractivity contribution in [2.45, 2.75) is 0 Å². The summed E-state index contributed by atoms with van der Waals surface area (Å²) in [4.78, 5) is 0. The molecule has 0 aliphatic rings. The normalized spacial score (nSPS) is 11.2. The number of phenolic OH excluding ortho intramolecular Hbond substituents is 1. The van der Waals surface area contributed by atoms with Crippen LogP contribution in [-0.2, 0) is 7.05 Å². The van der Waals surface area contributed by atoms with Crippen molar-refractivity contribution < 1.29 is 5.11 Å². The van der Waals surface area contributed by atoms with Gasteiger partial charge in [-0.25, -0.2) is 0 Å². The van der Waals surface area contributed by atoms with Crippen LogP contribution < -0.4 is 0 Å². The second-order valence-corrected chi connectivity index (χ2v) is 6.80. The Morgan fingerprint density at radius 3 is 2.21 bits per heavy atom. The van der Waals surface area contributed by atoms with E-state index in [1.807, 2.05) is 36.1 Å². The first kappa shape index (κ1) is 16.4. The molecule has 28 heavy (non-hydrogen) atoms. The van der Waals surface area contributed by atoms with E-state index in [9.17, 15) is 5.11 Å². The lowest BCUT2D eigenvalue weighted by Gasteiger charge is -2.13. The van der Waals surface area contributed by atoms with Gasteiger partial charge in [0, 0.05) is 29.9 Å². The summed E-state index contributed by atoms with van der Waals surface area (Å²) in [6.45, 7) is 0. The fourth-order valence-electron chi connectivity index (χ4n) is 3.86. The average Bonchev–Trinajstić information content (AvgIpc) is 3.30. The highest BCUT2D eigenvalue weighted by atomic mass is 16.3. The molecule has 2 heterocycles. The number of rotatable bonds is 3. The molecule has 0 aliphatic heterocycles. The van der Waals surface area contributed by atoms with Gasteiger partial charge in [0.2, 0.25) is 0 Å². The molecule has 0 aliphatic carbocycles. The maximum absolute atomic E-state index is 9.77. The Bertz CT molecular complexity index is 1260. The minimum atomic E-state index is 0.258. The SMILES string of the molecule is Cn1nccc1-c1c(-c2ccccc2)n(-c2ccc(O)cc2)c2ccccc12. The third-order valence-electron chi connectivity index (χ3n) is 5.11. The fraction of sp³-hybridized carbons (Fsp3) is 0.0417. The number of hydrogen-bond acceptors (Lipinski definition) is 2. The van der Waals surface area contributed by atoms with Gasteiger partial charge in [0.15, 0.2) is 0 Å². The van der Waals surface area contributed by atoms with E-state index in [1.54, 1.807) is 12.1 Å². The Morgan fingerprint density at radius 2 is 1.50 bits per heavy atom. The lowest BCUT2D eigenvalue weighted by Crippen LogP contribution is -1.99. The van der Waals surface area contributed by atoms with Gasteiger partial charge in [0.25, 0.3) is 0 Å². The number of aryl methyl sites for hydroxylation is 1. The summed E-state index contributed by atoms with van der Waals surface area (Å²) in [6, 6.07) is 28.2. The first-order chi connectivity index (χ1) is 13.7. The molecule has 0 spiro atoms. The molecule has 0 saturated heterocycles. The number of aromatic hydroxyl groups is 1. The molecular formula is C24H19N3O. The third-order valence-corrected chi connectivity index (χ3v) is 5.11. The molecular weight excluding hydrogens is 346 g/mol. The molecule has 0 bridgehead atoms. The van der Waals surface area contributed by atoms with E-state index >= 15 is 0 Å². The molecule has 5 rings (SSSR count). The van der Waals surface area contributed by atoms with Gasteiger partial charge in [-0.1, -0.05) is 48.5 Å². The molecule has 0 atom stereocenters. The summed E-state index contributed by atoms with van der Waals surface area (Å²) < 4.78 is 4.17. The van der Waals surface area contributed by atoms with Gasteiger partial charge in [-0.2, -0.15) is 5.10 Å². The quantitative estimate of drug-likeness (QED) is 0.465. The van der Waals surface area contributed by atoms with Crippen molar-refractivity contribution in [3.05, 3.63) is 91.1 Å². The number of hydrogen-bond donors (Lipinski definition) is 1. The van der Waals surface area contributed by atoms with Gasteiger partial charge >= 0.3 is 0 Å². The molecule has 3 aromatic carbocycles. The summed E-state index contributed by atoms with van der Waals surface area (Å²) in [7, 11) is 1.97. The Kier molecular flexibility index (Phi) is 3.76. The molecule has 0 saturated carbocycles. The number of aromatic nitrogens is 3. The molecule has 2 aromatic heterocycles. The van der Waals surface area contributed by atoms with Crippen molar-refractivity contribution >= 4 is 10.9 Å². The summed E-state index contributed by atoms with van der Waals surface area (Å²) in [5, 5.41) is 15.3. The molecule has 0 radical (unpaired) electrons. The lowest BCUT2D eigenvalue weighted by atomic mass is 10.0. The van der Waals surface area contributed by atoms with Gasteiger partial charge in [-0.05, 0) is 42.0 Å². The highest BCUT2D eigenvalue weighted by Gasteiger charge is 2.22. The van der Waals surface area contributed by atoms with Crippen molar-refractivity contribution in [1.82, 2.24) is 14.3 Å². The Balaban J connectivity index is 1.96. The van der Waals surface area contributed by atoms with E-state index in [2.05, 4.69) is 64.3 Å². The monoisotopic (exact) mass is 365 g/mol. The van der Waals surface area contributed by atoms with Crippen LogP contribution in [0.25, 0.3) is 39.1 Å². The smallest absolute Gasteiger partial charge is 0.115 e. The Hall–Kier alpha value is -3.79. The van der Waals surface area contributed by atoms with Crippen LogP contribution in [0, 0.1) is 0 Å². The highest BCUT2D eigenvalue weighted by Crippen LogP contribution is 2.42. The topological polar surface area (TPSA) is 43.0 Å². The van der Waals surface area contributed by atoms with Crippen LogP contribution in [0.4, 0.5) is 0 Å². The van der Waals surface area contributed by atoms with E-state index < -0.39 is 0 Å². The zero-order valence-corrected chi connectivity index (χ0v) is 15.4. The minimum absolute atomic E-state index is 0.258. The fourth-order valence-corrected chi connectivity index (χ4v) is 3.86. The zero-order valence-electron chi connectivity index (χ0n) is 15.4. The first-order valence-electron chi connectivity index (χ1n) is 9.20. The van der Waals surface area contributed by atoms with Crippen molar-refractivity contribution in [3.63, 3.8) is 0 Å².